The van der Waals surface area contributed by atoms with Crippen LogP contribution in [-0.4, -0.2) is 45.2 Å². The zero-order valence-electron chi connectivity index (χ0n) is 15.8. The molecule has 4 rings (SSSR count). The Morgan fingerprint density at radius 2 is 1.86 bits per heavy atom. The van der Waals surface area contributed by atoms with Gasteiger partial charge in [-0.25, -0.2) is 14.1 Å². The van der Waals surface area contributed by atoms with E-state index in [4.69, 9.17) is 0 Å². The van der Waals surface area contributed by atoms with E-state index in [-0.39, 0.29) is 29.6 Å². The Bertz CT molecular complexity index is 970. The van der Waals surface area contributed by atoms with Crippen molar-refractivity contribution in [3.63, 3.8) is 0 Å². The van der Waals surface area contributed by atoms with Crippen LogP contribution in [-0.2, 0) is 0 Å². The van der Waals surface area contributed by atoms with Gasteiger partial charge in [0.2, 0.25) is 5.82 Å². The predicted octanol–water partition coefficient (Wildman–Crippen LogP) is 2.89. The zero-order valence-corrected chi connectivity index (χ0v) is 15.8. The van der Waals surface area contributed by atoms with Crippen LogP contribution in [0.15, 0.2) is 54.6 Å². The van der Waals surface area contributed by atoms with Crippen molar-refractivity contribution in [1.82, 2.24) is 25.0 Å². The molecule has 1 aliphatic rings. The van der Waals surface area contributed by atoms with Crippen molar-refractivity contribution in [2.45, 2.75) is 25.4 Å². The molecule has 1 aliphatic heterocycles. The van der Waals surface area contributed by atoms with Crippen LogP contribution in [0.4, 0.5) is 4.39 Å². The van der Waals surface area contributed by atoms with Gasteiger partial charge in [-0.1, -0.05) is 30.3 Å². The second-order valence-corrected chi connectivity index (χ2v) is 7.08. The lowest BCUT2D eigenvalue weighted by Crippen LogP contribution is -2.39. The summed E-state index contributed by atoms with van der Waals surface area (Å²) in [6, 6.07) is 16.2. The fourth-order valence-corrected chi connectivity index (χ4v) is 3.78. The van der Waals surface area contributed by atoms with Gasteiger partial charge in [0.1, 0.15) is 11.6 Å². The number of likely N-dealkylation sites (N-methyl/N-ethyl adjacent to an activating group) is 1. The molecule has 1 aromatic heterocycles. The van der Waals surface area contributed by atoms with Crippen molar-refractivity contribution in [3.8, 4) is 5.69 Å². The normalized spacial score (nSPS) is 19.7. The van der Waals surface area contributed by atoms with Crippen molar-refractivity contribution >= 4 is 5.91 Å². The lowest BCUT2D eigenvalue weighted by atomic mass is 10.0. The molecule has 2 atom stereocenters. The third-order valence-corrected chi connectivity index (χ3v) is 5.15. The van der Waals surface area contributed by atoms with E-state index in [2.05, 4.69) is 39.5 Å². The molecule has 2 heterocycles. The topological polar surface area (TPSA) is 63.1 Å². The largest absolute Gasteiger partial charge is 0.345 e. The average Bonchev–Trinajstić information content (AvgIpc) is 3.26. The number of hydrogen-bond acceptors (Lipinski definition) is 4. The summed E-state index contributed by atoms with van der Waals surface area (Å²) in [6.45, 7) is 2.67. The number of amides is 1. The summed E-state index contributed by atoms with van der Waals surface area (Å²) < 4.78 is 14.7. The zero-order chi connectivity index (χ0) is 19.7. The van der Waals surface area contributed by atoms with Gasteiger partial charge in [0, 0.05) is 6.54 Å². The SMILES string of the molecule is Cc1nc(C(=O)N[C@@H]2CCN(C)[C@@H]2c2ccccc2)nn1-c1ccc(F)cc1. The molecule has 1 N–H and O–H groups in total. The van der Waals surface area contributed by atoms with E-state index in [9.17, 15) is 9.18 Å². The van der Waals surface area contributed by atoms with Crippen molar-refractivity contribution in [2.24, 2.45) is 0 Å². The van der Waals surface area contributed by atoms with Crippen LogP contribution >= 0.6 is 0 Å². The average molecular weight is 379 g/mol. The molecule has 144 valence electrons. The highest BCUT2D eigenvalue weighted by molar-refractivity contribution is 5.90. The molecule has 0 unspecified atom stereocenters. The summed E-state index contributed by atoms with van der Waals surface area (Å²) in [4.78, 5) is 19.4. The first-order chi connectivity index (χ1) is 13.5. The molecular formula is C21H22FN5O. The summed E-state index contributed by atoms with van der Waals surface area (Å²) in [5.74, 6) is 0.0603. The molecular weight excluding hydrogens is 357 g/mol. The predicted molar refractivity (Wildman–Crippen MR) is 104 cm³/mol. The molecule has 2 aromatic carbocycles. The van der Waals surface area contributed by atoms with Gasteiger partial charge in [0.05, 0.1) is 17.8 Å². The van der Waals surface area contributed by atoms with Gasteiger partial charge >= 0.3 is 0 Å². The number of nitrogens with one attached hydrogen (secondary N) is 1. The number of aryl methyl sites for hydroxylation is 1. The quantitative estimate of drug-likeness (QED) is 0.757. The number of nitrogens with zero attached hydrogens (tertiary/aromatic N) is 4. The number of aromatic nitrogens is 3. The highest BCUT2D eigenvalue weighted by Gasteiger charge is 2.34. The number of hydrogen-bond donors (Lipinski definition) is 1. The number of benzene rings is 2. The molecule has 0 spiro atoms. The molecule has 0 aliphatic carbocycles. The third-order valence-electron chi connectivity index (χ3n) is 5.15. The van der Waals surface area contributed by atoms with Gasteiger partial charge < -0.3 is 5.32 Å². The van der Waals surface area contributed by atoms with Gasteiger partial charge in [-0.05, 0) is 50.2 Å². The maximum Gasteiger partial charge on any atom is 0.291 e. The molecule has 0 saturated carbocycles. The Kier molecular flexibility index (Phi) is 4.92. The van der Waals surface area contributed by atoms with Crippen LogP contribution in [0.2, 0.25) is 0 Å². The summed E-state index contributed by atoms with van der Waals surface area (Å²) in [7, 11) is 2.06. The standard InChI is InChI=1S/C21H22FN5O/c1-14-23-20(25-27(14)17-10-8-16(22)9-11-17)21(28)24-18-12-13-26(2)19(18)15-6-4-3-5-7-15/h3-11,18-19H,12-13H2,1-2H3,(H,24,28)/t18-,19-/m1/s1. The first-order valence-electron chi connectivity index (χ1n) is 9.28. The second-order valence-electron chi connectivity index (χ2n) is 7.08. The van der Waals surface area contributed by atoms with Gasteiger partial charge in [-0.3, -0.25) is 9.69 Å². The maximum atomic E-state index is 13.2. The summed E-state index contributed by atoms with van der Waals surface area (Å²) in [5.41, 5.74) is 1.84. The molecule has 6 nitrogen and oxygen atoms in total. The van der Waals surface area contributed by atoms with Crippen LogP contribution in [0.5, 0.6) is 0 Å². The second kappa shape index (κ2) is 7.52. The van der Waals surface area contributed by atoms with Gasteiger partial charge in [0.15, 0.2) is 0 Å². The lowest BCUT2D eigenvalue weighted by Gasteiger charge is -2.25. The van der Waals surface area contributed by atoms with Crippen molar-refractivity contribution < 1.29 is 9.18 Å². The maximum absolute atomic E-state index is 13.2. The number of rotatable bonds is 4. The summed E-state index contributed by atoms with van der Waals surface area (Å²) in [5, 5.41) is 7.42. The molecule has 1 amide bonds. The fraction of sp³-hybridized carbons (Fsp3) is 0.286. The van der Waals surface area contributed by atoms with Gasteiger partial charge in [0.25, 0.3) is 5.91 Å². The van der Waals surface area contributed by atoms with E-state index >= 15 is 0 Å². The number of halogens is 1. The molecule has 28 heavy (non-hydrogen) atoms. The van der Waals surface area contributed by atoms with E-state index in [0.29, 0.717) is 11.5 Å². The monoisotopic (exact) mass is 379 g/mol. The Balaban J connectivity index is 1.54. The Hall–Kier alpha value is -3.06. The fourth-order valence-electron chi connectivity index (χ4n) is 3.78. The molecule has 1 fully saturated rings. The van der Waals surface area contributed by atoms with Crippen molar-refractivity contribution in [2.75, 3.05) is 13.6 Å². The van der Waals surface area contributed by atoms with Crippen LogP contribution < -0.4 is 5.32 Å². The smallest absolute Gasteiger partial charge is 0.291 e. The minimum absolute atomic E-state index is 0.0158. The number of carbonyl (C=O) groups is 1. The van der Waals surface area contributed by atoms with Crippen molar-refractivity contribution in [3.05, 3.63) is 77.6 Å². The highest BCUT2D eigenvalue weighted by atomic mass is 19.1. The van der Waals surface area contributed by atoms with Crippen LogP contribution in [0.1, 0.15) is 34.5 Å². The number of likely N-dealkylation sites (tertiary alicyclic amines) is 1. The van der Waals surface area contributed by atoms with E-state index in [1.54, 1.807) is 23.7 Å². The van der Waals surface area contributed by atoms with Crippen LogP contribution in [0.25, 0.3) is 5.69 Å². The molecule has 7 heteroatoms. The Morgan fingerprint density at radius 1 is 1.14 bits per heavy atom. The highest BCUT2D eigenvalue weighted by Crippen LogP contribution is 2.30. The molecule has 1 saturated heterocycles. The molecule has 0 radical (unpaired) electrons. The van der Waals surface area contributed by atoms with Crippen molar-refractivity contribution in [1.29, 1.82) is 0 Å². The van der Waals surface area contributed by atoms with Gasteiger partial charge in [-0.2, -0.15) is 0 Å². The summed E-state index contributed by atoms with van der Waals surface area (Å²) in [6.07, 6.45) is 0.861. The Labute approximate surface area is 163 Å². The minimum Gasteiger partial charge on any atom is -0.345 e. The molecule has 3 aromatic rings. The minimum atomic E-state index is -0.322. The first kappa shape index (κ1) is 18.3. The third kappa shape index (κ3) is 3.53. The number of carbonyl (C=O) groups excluding carboxylic acids is 1. The molecule has 0 bridgehead atoms. The van der Waals surface area contributed by atoms with Crippen LogP contribution in [0.3, 0.4) is 0 Å². The van der Waals surface area contributed by atoms with Gasteiger partial charge in [-0.15, -0.1) is 5.10 Å². The lowest BCUT2D eigenvalue weighted by molar-refractivity contribution is 0.0917. The van der Waals surface area contributed by atoms with E-state index in [1.807, 2.05) is 18.2 Å². The summed E-state index contributed by atoms with van der Waals surface area (Å²) >= 11 is 0. The Morgan fingerprint density at radius 3 is 2.57 bits per heavy atom. The van der Waals surface area contributed by atoms with E-state index < -0.39 is 0 Å². The van der Waals surface area contributed by atoms with E-state index in [0.717, 1.165) is 13.0 Å². The van der Waals surface area contributed by atoms with Crippen LogP contribution in [0, 0.1) is 12.7 Å². The van der Waals surface area contributed by atoms with E-state index in [1.165, 1.54) is 17.7 Å². The first-order valence-corrected chi connectivity index (χ1v) is 9.28.